The second kappa shape index (κ2) is 11.9. The SMILES string of the molecule is C=CCN(CC(=O)Nc1sc(-c2ccccc2)c(C)c1C(=O)N1CCOCC1)Cc1ccccc1. The van der Waals surface area contributed by atoms with E-state index in [4.69, 9.17) is 4.74 Å². The highest BCUT2D eigenvalue weighted by molar-refractivity contribution is 7.20. The molecule has 1 N–H and O–H groups in total. The number of benzene rings is 2. The first-order valence-electron chi connectivity index (χ1n) is 11.8. The van der Waals surface area contributed by atoms with Crippen LogP contribution in [0.25, 0.3) is 10.4 Å². The number of carbonyl (C=O) groups excluding carboxylic acids is 2. The van der Waals surface area contributed by atoms with Crippen molar-refractivity contribution in [2.75, 3.05) is 44.7 Å². The summed E-state index contributed by atoms with van der Waals surface area (Å²) in [4.78, 5) is 31.5. The molecule has 0 atom stereocenters. The van der Waals surface area contributed by atoms with Crippen LogP contribution in [0.3, 0.4) is 0 Å². The van der Waals surface area contributed by atoms with E-state index < -0.39 is 0 Å². The van der Waals surface area contributed by atoms with Crippen molar-refractivity contribution in [3.63, 3.8) is 0 Å². The van der Waals surface area contributed by atoms with E-state index in [1.807, 2.05) is 77.4 Å². The number of hydrogen-bond donors (Lipinski definition) is 1. The summed E-state index contributed by atoms with van der Waals surface area (Å²) in [5.74, 6) is -0.216. The van der Waals surface area contributed by atoms with E-state index in [-0.39, 0.29) is 18.4 Å². The number of ether oxygens (including phenoxy) is 1. The maximum Gasteiger partial charge on any atom is 0.257 e. The van der Waals surface area contributed by atoms with Crippen molar-refractivity contribution in [3.05, 3.63) is 90.0 Å². The third-order valence-corrected chi connectivity index (χ3v) is 7.21. The average molecular weight is 490 g/mol. The van der Waals surface area contributed by atoms with Gasteiger partial charge in [0.25, 0.3) is 5.91 Å². The monoisotopic (exact) mass is 489 g/mol. The maximum atomic E-state index is 13.5. The molecule has 0 spiro atoms. The van der Waals surface area contributed by atoms with Crippen LogP contribution < -0.4 is 5.32 Å². The number of hydrogen-bond acceptors (Lipinski definition) is 5. The maximum absolute atomic E-state index is 13.5. The Kier molecular flexibility index (Phi) is 8.47. The van der Waals surface area contributed by atoms with Crippen LogP contribution in [0, 0.1) is 6.92 Å². The number of nitrogens with zero attached hydrogens (tertiary/aromatic N) is 2. The molecular formula is C28H31N3O3S. The molecule has 0 aliphatic carbocycles. The summed E-state index contributed by atoms with van der Waals surface area (Å²) in [5, 5.41) is 3.66. The van der Waals surface area contributed by atoms with Crippen molar-refractivity contribution in [3.8, 4) is 10.4 Å². The lowest BCUT2D eigenvalue weighted by Crippen LogP contribution is -2.41. The van der Waals surface area contributed by atoms with Gasteiger partial charge in [-0.1, -0.05) is 66.7 Å². The number of carbonyl (C=O) groups is 2. The van der Waals surface area contributed by atoms with Crippen molar-refractivity contribution in [2.45, 2.75) is 13.5 Å². The van der Waals surface area contributed by atoms with E-state index in [9.17, 15) is 9.59 Å². The molecule has 1 fully saturated rings. The summed E-state index contributed by atoms with van der Waals surface area (Å²) in [6.07, 6.45) is 1.80. The highest BCUT2D eigenvalue weighted by Crippen LogP contribution is 2.40. The zero-order valence-corrected chi connectivity index (χ0v) is 20.9. The molecule has 2 heterocycles. The lowest BCUT2D eigenvalue weighted by atomic mass is 10.1. The van der Waals surface area contributed by atoms with Gasteiger partial charge < -0.3 is 15.0 Å². The van der Waals surface area contributed by atoms with Gasteiger partial charge in [0.15, 0.2) is 0 Å². The topological polar surface area (TPSA) is 61.9 Å². The van der Waals surface area contributed by atoms with E-state index in [2.05, 4.69) is 11.9 Å². The summed E-state index contributed by atoms with van der Waals surface area (Å²) in [6.45, 7) is 9.37. The first kappa shape index (κ1) is 24.9. The Morgan fingerprint density at radius 2 is 1.74 bits per heavy atom. The Hall–Kier alpha value is -3.26. The van der Waals surface area contributed by atoms with Crippen LogP contribution in [-0.4, -0.2) is 61.0 Å². The van der Waals surface area contributed by atoms with Crippen LogP contribution in [0.4, 0.5) is 5.00 Å². The Bertz CT molecular complexity index is 1150. The normalized spacial score (nSPS) is 13.6. The summed E-state index contributed by atoms with van der Waals surface area (Å²) in [7, 11) is 0. The van der Waals surface area contributed by atoms with Crippen molar-refractivity contribution >= 4 is 28.2 Å². The van der Waals surface area contributed by atoms with Gasteiger partial charge in [-0.05, 0) is 23.6 Å². The number of thiophene rings is 1. The average Bonchev–Trinajstić information content (AvgIpc) is 3.20. The number of anilines is 1. The third-order valence-electron chi connectivity index (χ3n) is 5.95. The predicted molar refractivity (Wildman–Crippen MR) is 142 cm³/mol. The third kappa shape index (κ3) is 6.25. The largest absolute Gasteiger partial charge is 0.378 e. The zero-order chi connectivity index (χ0) is 24.6. The fourth-order valence-electron chi connectivity index (χ4n) is 4.23. The van der Waals surface area contributed by atoms with Crippen LogP contribution in [-0.2, 0) is 16.1 Å². The van der Waals surface area contributed by atoms with Gasteiger partial charge in [-0.3, -0.25) is 14.5 Å². The first-order valence-corrected chi connectivity index (χ1v) is 12.6. The van der Waals surface area contributed by atoms with Gasteiger partial charge in [0.1, 0.15) is 5.00 Å². The molecule has 3 aromatic rings. The molecule has 2 amide bonds. The molecular weight excluding hydrogens is 458 g/mol. The van der Waals surface area contributed by atoms with Crippen LogP contribution in [0.15, 0.2) is 73.3 Å². The smallest absolute Gasteiger partial charge is 0.257 e. The van der Waals surface area contributed by atoms with Gasteiger partial charge in [0.05, 0.1) is 25.3 Å². The molecule has 4 rings (SSSR count). The summed E-state index contributed by atoms with van der Waals surface area (Å²) < 4.78 is 5.43. The molecule has 0 bridgehead atoms. The van der Waals surface area contributed by atoms with Crippen molar-refractivity contribution in [1.82, 2.24) is 9.80 Å². The molecule has 182 valence electrons. The minimum atomic E-state index is -0.153. The Labute approximate surface area is 210 Å². The van der Waals surface area contributed by atoms with E-state index in [1.54, 1.807) is 6.08 Å². The van der Waals surface area contributed by atoms with Gasteiger partial charge in [0, 0.05) is 31.1 Å². The fourth-order valence-corrected chi connectivity index (χ4v) is 5.45. The molecule has 1 aliphatic heterocycles. The lowest BCUT2D eigenvalue weighted by molar-refractivity contribution is -0.117. The van der Waals surface area contributed by atoms with Crippen LogP contribution in [0.5, 0.6) is 0 Å². The molecule has 0 saturated carbocycles. The molecule has 35 heavy (non-hydrogen) atoms. The van der Waals surface area contributed by atoms with Crippen LogP contribution in [0.2, 0.25) is 0 Å². The molecule has 0 radical (unpaired) electrons. The number of rotatable bonds is 9. The molecule has 2 aromatic carbocycles. The Morgan fingerprint density at radius 1 is 1.09 bits per heavy atom. The van der Waals surface area contributed by atoms with Gasteiger partial charge in [0.2, 0.25) is 5.91 Å². The molecule has 1 aromatic heterocycles. The number of nitrogens with one attached hydrogen (secondary N) is 1. The quantitative estimate of drug-likeness (QED) is 0.438. The summed E-state index contributed by atoms with van der Waals surface area (Å²) in [5.41, 5.74) is 3.62. The van der Waals surface area contributed by atoms with E-state index in [1.165, 1.54) is 11.3 Å². The Morgan fingerprint density at radius 3 is 2.40 bits per heavy atom. The fraction of sp³-hybridized carbons (Fsp3) is 0.286. The second-order valence-corrected chi connectivity index (χ2v) is 9.54. The van der Waals surface area contributed by atoms with E-state index in [0.29, 0.717) is 50.0 Å². The van der Waals surface area contributed by atoms with Crippen molar-refractivity contribution in [2.24, 2.45) is 0 Å². The van der Waals surface area contributed by atoms with Crippen molar-refractivity contribution < 1.29 is 14.3 Å². The minimum absolute atomic E-state index is 0.0632. The molecule has 7 heteroatoms. The highest BCUT2D eigenvalue weighted by Gasteiger charge is 2.28. The van der Waals surface area contributed by atoms with Gasteiger partial charge in [-0.15, -0.1) is 17.9 Å². The first-order chi connectivity index (χ1) is 17.1. The molecule has 1 aliphatic rings. The summed E-state index contributed by atoms with van der Waals surface area (Å²) in [6, 6.07) is 20.0. The van der Waals surface area contributed by atoms with Crippen LogP contribution in [0.1, 0.15) is 21.5 Å². The van der Waals surface area contributed by atoms with Gasteiger partial charge in [-0.25, -0.2) is 0 Å². The summed E-state index contributed by atoms with van der Waals surface area (Å²) >= 11 is 1.45. The lowest BCUT2D eigenvalue weighted by Gasteiger charge is -2.27. The van der Waals surface area contributed by atoms with Gasteiger partial charge >= 0.3 is 0 Å². The van der Waals surface area contributed by atoms with Crippen LogP contribution >= 0.6 is 11.3 Å². The van der Waals surface area contributed by atoms with Gasteiger partial charge in [-0.2, -0.15) is 0 Å². The molecule has 1 saturated heterocycles. The van der Waals surface area contributed by atoms with Crippen molar-refractivity contribution in [1.29, 1.82) is 0 Å². The molecule has 0 unspecified atom stereocenters. The zero-order valence-electron chi connectivity index (χ0n) is 20.0. The minimum Gasteiger partial charge on any atom is -0.378 e. The Balaban J connectivity index is 1.58. The number of morpholine rings is 1. The highest BCUT2D eigenvalue weighted by atomic mass is 32.1. The standard InChI is InChI=1S/C28H31N3O3S/c1-3-14-30(19-22-10-6-4-7-11-22)20-24(32)29-27-25(28(33)31-15-17-34-18-16-31)21(2)26(35-27)23-12-8-5-9-13-23/h3-13H,1,14-20H2,2H3,(H,29,32). The van der Waals surface area contributed by atoms with E-state index >= 15 is 0 Å². The van der Waals surface area contributed by atoms with E-state index in [0.717, 1.165) is 21.6 Å². The second-order valence-electron chi connectivity index (χ2n) is 8.52. The number of amides is 2. The predicted octanol–water partition coefficient (Wildman–Crippen LogP) is 4.82. The molecule has 6 nitrogen and oxygen atoms in total.